The van der Waals surface area contributed by atoms with Gasteiger partial charge in [0.15, 0.2) is 5.78 Å². The fourth-order valence-corrected chi connectivity index (χ4v) is 3.08. The molecule has 4 heteroatoms. The predicted molar refractivity (Wildman–Crippen MR) is 107 cm³/mol. The van der Waals surface area contributed by atoms with Crippen LogP contribution in [-0.4, -0.2) is 11.8 Å². The molecule has 1 aromatic heterocycles. The molecule has 4 nitrogen and oxygen atoms in total. The lowest BCUT2D eigenvalue weighted by Crippen LogP contribution is -2.11. The number of carbonyl (C=O) groups excluding carboxylic acids is 2. The van der Waals surface area contributed by atoms with Crippen LogP contribution in [0.4, 0.5) is 0 Å². The molecule has 0 aliphatic rings. The summed E-state index contributed by atoms with van der Waals surface area (Å²) in [7, 11) is 0. The summed E-state index contributed by atoms with van der Waals surface area (Å²) in [5.74, 6) is -0.0534. The zero-order valence-electron chi connectivity index (χ0n) is 15.3. The molecule has 138 valence electrons. The van der Waals surface area contributed by atoms with Crippen LogP contribution in [0.5, 0.6) is 5.75 Å². The van der Waals surface area contributed by atoms with Crippen molar-refractivity contribution in [3.05, 3.63) is 101 Å². The van der Waals surface area contributed by atoms with Gasteiger partial charge in [0, 0.05) is 22.1 Å². The number of fused-ring (bicyclic) bond motifs is 1. The van der Waals surface area contributed by atoms with Crippen LogP contribution in [0, 0.1) is 6.92 Å². The van der Waals surface area contributed by atoms with E-state index < -0.39 is 0 Å². The second kappa shape index (κ2) is 7.53. The van der Waals surface area contributed by atoms with Crippen molar-refractivity contribution in [1.82, 2.24) is 0 Å². The van der Waals surface area contributed by atoms with Gasteiger partial charge in [0.25, 0.3) is 0 Å². The van der Waals surface area contributed by atoms with Gasteiger partial charge in [-0.05, 0) is 42.8 Å². The molecule has 0 atom stereocenters. The van der Waals surface area contributed by atoms with E-state index >= 15 is 0 Å². The Hall–Kier alpha value is -3.66. The summed E-state index contributed by atoms with van der Waals surface area (Å²) in [5.41, 5.74) is 3.81. The van der Waals surface area contributed by atoms with Crippen molar-refractivity contribution < 1.29 is 18.7 Å². The molecule has 0 saturated heterocycles. The van der Waals surface area contributed by atoms with Crippen LogP contribution in [0.3, 0.4) is 0 Å². The highest BCUT2D eigenvalue weighted by Gasteiger charge is 2.13. The van der Waals surface area contributed by atoms with Crippen molar-refractivity contribution in [3.8, 4) is 5.75 Å². The lowest BCUT2D eigenvalue weighted by Gasteiger charge is -2.05. The maximum absolute atomic E-state index is 12.4. The summed E-state index contributed by atoms with van der Waals surface area (Å²) < 4.78 is 10.9. The minimum Gasteiger partial charge on any atom is -0.464 e. The average Bonchev–Trinajstić information content (AvgIpc) is 3.10. The minimum absolute atomic E-state index is 0.0707. The molecule has 1 heterocycles. The Morgan fingerprint density at radius 1 is 0.893 bits per heavy atom. The Kier molecular flexibility index (Phi) is 4.77. The minimum atomic E-state index is -0.384. The molecule has 0 radical (unpaired) electrons. The molecule has 0 aliphatic carbocycles. The first kappa shape index (κ1) is 17.7. The van der Waals surface area contributed by atoms with Gasteiger partial charge in [0.2, 0.25) is 0 Å². The number of furan rings is 1. The molecule has 0 bridgehead atoms. The van der Waals surface area contributed by atoms with Gasteiger partial charge in [-0.3, -0.25) is 9.59 Å². The van der Waals surface area contributed by atoms with Gasteiger partial charge in [-0.25, -0.2) is 0 Å². The predicted octanol–water partition coefficient (Wildman–Crippen LogP) is 5.12. The Morgan fingerprint density at radius 2 is 1.61 bits per heavy atom. The number of hydrogen-bond acceptors (Lipinski definition) is 4. The lowest BCUT2D eigenvalue weighted by molar-refractivity contribution is -0.133. The topological polar surface area (TPSA) is 56.5 Å². The number of carbonyl (C=O) groups is 2. The van der Waals surface area contributed by atoms with Crippen molar-refractivity contribution in [1.29, 1.82) is 0 Å². The second-order valence-corrected chi connectivity index (χ2v) is 6.63. The first-order chi connectivity index (χ1) is 13.6. The molecular weight excluding hydrogens is 352 g/mol. The van der Waals surface area contributed by atoms with E-state index in [1.165, 1.54) is 0 Å². The zero-order chi connectivity index (χ0) is 19.5. The van der Waals surface area contributed by atoms with Gasteiger partial charge < -0.3 is 9.15 Å². The van der Waals surface area contributed by atoms with Crippen LogP contribution in [0.2, 0.25) is 0 Å². The number of ketones is 1. The lowest BCUT2D eigenvalue weighted by atomic mass is 10.0. The molecular formula is C24H18O4. The quantitative estimate of drug-likeness (QED) is 0.278. The van der Waals surface area contributed by atoms with Crippen LogP contribution in [0.1, 0.15) is 27.0 Å². The third kappa shape index (κ3) is 3.71. The Bertz CT molecular complexity index is 1140. The molecule has 0 saturated carbocycles. The van der Waals surface area contributed by atoms with Gasteiger partial charge in [-0.1, -0.05) is 42.5 Å². The number of rotatable bonds is 5. The highest BCUT2D eigenvalue weighted by atomic mass is 16.5. The molecule has 0 aliphatic heterocycles. The van der Waals surface area contributed by atoms with Crippen molar-refractivity contribution in [2.24, 2.45) is 0 Å². The first-order valence-electron chi connectivity index (χ1n) is 8.97. The third-order valence-corrected chi connectivity index (χ3v) is 4.53. The highest BCUT2D eigenvalue weighted by molar-refractivity contribution is 6.09. The summed E-state index contributed by atoms with van der Waals surface area (Å²) in [4.78, 5) is 24.7. The summed E-state index contributed by atoms with van der Waals surface area (Å²) in [6, 6.07) is 21.5. The van der Waals surface area contributed by atoms with Crippen LogP contribution >= 0.6 is 0 Å². The van der Waals surface area contributed by atoms with E-state index in [1.807, 2.05) is 43.3 Å². The molecule has 28 heavy (non-hydrogen) atoms. The fraction of sp³-hybridized carbons (Fsp3) is 0.0833. The van der Waals surface area contributed by atoms with Crippen LogP contribution in [0.25, 0.3) is 11.0 Å². The number of ether oxygens (including phenoxy) is 1. The van der Waals surface area contributed by atoms with E-state index in [1.54, 1.807) is 42.7 Å². The Balaban J connectivity index is 1.44. The molecule has 0 unspecified atom stereocenters. The van der Waals surface area contributed by atoms with Gasteiger partial charge >= 0.3 is 5.97 Å². The van der Waals surface area contributed by atoms with Crippen molar-refractivity contribution in [3.63, 3.8) is 0 Å². The van der Waals surface area contributed by atoms with Crippen molar-refractivity contribution in [2.45, 2.75) is 13.3 Å². The monoisotopic (exact) mass is 370 g/mol. The third-order valence-electron chi connectivity index (χ3n) is 4.53. The van der Waals surface area contributed by atoms with E-state index in [0.717, 1.165) is 22.1 Å². The van der Waals surface area contributed by atoms with Crippen molar-refractivity contribution >= 4 is 22.7 Å². The molecule has 4 rings (SSSR count). The second-order valence-electron chi connectivity index (χ2n) is 6.63. The Morgan fingerprint density at radius 3 is 2.36 bits per heavy atom. The standard InChI is InChI=1S/C24H18O4/c1-16-7-12-21-19(15-27-22(21)13-16)14-23(25)28-20-10-8-18(9-11-20)24(26)17-5-3-2-4-6-17/h2-13,15H,14H2,1H3. The smallest absolute Gasteiger partial charge is 0.315 e. The fourth-order valence-electron chi connectivity index (χ4n) is 3.08. The van der Waals surface area contributed by atoms with E-state index in [4.69, 9.17) is 9.15 Å². The highest BCUT2D eigenvalue weighted by Crippen LogP contribution is 2.23. The first-order valence-corrected chi connectivity index (χ1v) is 8.97. The van der Waals surface area contributed by atoms with Crippen molar-refractivity contribution in [2.75, 3.05) is 0 Å². The van der Waals surface area contributed by atoms with E-state index in [9.17, 15) is 9.59 Å². The average molecular weight is 370 g/mol. The maximum Gasteiger partial charge on any atom is 0.315 e. The number of benzene rings is 3. The summed E-state index contributed by atoms with van der Waals surface area (Å²) >= 11 is 0. The molecule has 0 spiro atoms. The Labute approximate surface area is 162 Å². The van der Waals surface area contributed by atoms with E-state index in [0.29, 0.717) is 16.9 Å². The summed E-state index contributed by atoms with van der Waals surface area (Å²) in [6.45, 7) is 1.99. The summed E-state index contributed by atoms with van der Waals surface area (Å²) in [5, 5.41) is 0.909. The molecule has 0 fully saturated rings. The van der Waals surface area contributed by atoms with Gasteiger partial charge in [-0.15, -0.1) is 0 Å². The SMILES string of the molecule is Cc1ccc2c(CC(=O)Oc3ccc(C(=O)c4ccccc4)cc3)coc2c1. The normalized spacial score (nSPS) is 10.8. The zero-order valence-corrected chi connectivity index (χ0v) is 15.3. The van der Waals surface area contributed by atoms with Crippen LogP contribution in [0.15, 0.2) is 83.5 Å². The maximum atomic E-state index is 12.4. The summed E-state index contributed by atoms with van der Waals surface area (Å²) in [6.07, 6.45) is 1.70. The molecule has 0 amide bonds. The van der Waals surface area contributed by atoms with E-state index in [-0.39, 0.29) is 18.2 Å². The van der Waals surface area contributed by atoms with Crippen LogP contribution < -0.4 is 4.74 Å². The van der Waals surface area contributed by atoms with Gasteiger partial charge in [-0.2, -0.15) is 0 Å². The van der Waals surface area contributed by atoms with Gasteiger partial charge in [0.1, 0.15) is 11.3 Å². The molecule has 0 N–H and O–H groups in total. The largest absolute Gasteiger partial charge is 0.464 e. The number of hydrogen-bond donors (Lipinski definition) is 0. The van der Waals surface area contributed by atoms with Gasteiger partial charge in [0.05, 0.1) is 12.7 Å². The molecule has 3 aromatic carbocycles. The number of aryl methyl sites for hydroxylation is 1. The molecule has 4 aromatic rings. The van der Waals surface area contributed by atoms with Crippen LogP contribution in [-0.2, 0) is 11.2 Å². The number of esters is 1. The van der Waals surface area contributed by atoms with E-state index in [2.05, 4.69) is 0 Å².